The summed E-state index contributed by atoms with van der Waals surface area (Å²) in [4.78, 5) is 41.3. The van der Waals surface area contributed by atoms with Crippen molar-refractivity contribution in [1.29, 1.82) is 0 Å². The van der Waals surface area contributed by atoms with Gasteiger partial charge in [0.2, 0.25) is 5.91 Å². The summed E-state index contributed by atoms with van der Waals surface area (Å²) in [6.07, 6.45) is 2.11. The lowest BCUT2D eigenvalue weighted by molar-refractivity contribution is -0.125. The van der Waals surface area contributed by atoms with Gasteiger partial charge in [0, 0.05) is 23.6 Å². The highest BCUT2D eigenvalue weighted by molar-refractivity contribution is 6.22. The van der Waals surface area contributed by atoms with Crippen LogP contribution >= 0.6 is 0 Å². The summed E-state index contributed by atoms with van der Waals surface area (Å²) in [5.74, 6) is -0.572. The Balaban J connectivity index is 1.32. The van der Waals surface area contributed by atoms with Crippen molar-refractivity contribution in [3.63, 3.8) is 0 Å². The molecule has 1 aliphatic heterocycles. The largest absolute Gasteiger partial charge is 0.497 e. The van der Waals surface area contributed by atoms with E-state index in [9.17, 15) is 18.8 Å². The van der Waals surface area contributed by atoms with Crippen molar-refractivity contribution in [3.8, 4) is 5.75 Å². The van der Waals surface area contributed by atoms with Crippen LogP contribution in [-0.2, 0) is 16.0 Å². The van der Waals surface area contributed by atoms with Gasteiger partial charge in [0.05, 0.1) is 19.2 Å². The number of aromatic amines is 1. The zero-order chi connectivity index (χ0) is 22.0. The number of methoxy groups -OCH3 is 1. The van der Waals surface area contributed by atoms with Crippen molar-refractivity contribution in [2.75, 3.05) is 18.6 Å². The molecule has 2 aromatic carbocycles. The second-order valence-corrected chi connectivity index (χ2v) is 7.18. The molecule has 9 heteroatoms. The Hall–Kier alpha value is -3.88. The van der Waals surface area contributed by atoms with E-state index in [1.807, 2.05) is 0 Å². The minimum absolute atomic E-state index is 0.167. The van der Waals surface area contributed by atoms with Crippen LogP contribution in [-0.4, -0.2) is 42.5 Å². The van der Waals surface area contributed by atoms with Gasteiger partial charge in [-0.15, -0.1) is 0 Å². The van der Waals surface area contributed by atoms with E-state index in [4.69, 9.17) is 4.74 Å². The third-order valence-electron chi connectivity index (χ3n) is 5.19. The Morgan fingerprint density at radius 3 is 2.71 bits per heavy atom. The molecule has 2 heterocycles. The van der Waals surface area contributed by atoms with Crippen LogP contribution in [0.1, 0.15) is 12.0 Å². The summed E-state index contributed by atoms with van der Waals surface area (Å²) < 4.78 is 18.5. The van der Waals surface area contributed by atoms with Crippen LogP contribution in [0.3, 0.4) is 0 Å². The average molecular weight is 424 g/mol. The quantitative estimate of drug-likeness (QED) is 0.507. The Bertz CT molecular complexity index is 1140. The van der Waals surface area contributed by atoms with Crippen LogP contribution in [0.15, 0.2) is 48.7 Å². The molecule has 1 unspecified atom stereocenters. The second-order valence-electron chi connectivity index (χ2n) is 7.18. The first-order valence-corrected chi connectivity index (χ1v) is 9.77. The van der Waals surface area contributed by atoms with Crippen LogP contribution in [0.25, 0.3) is 10.9 Å². The van der Waals surface area contributed by atoms with E-state index in [0.717, 1.165) is 21.4 Å². The van der Waals surface area contributed by atoms with E-state index < -0.39 is 18.0 Å². The molecule has 0 radical (unpaired) electrons. The number of anilines is 1. The zero-order valence-corrected chi connectivity index (χ0v) is 16.8. The minimum Gasteiger partial charge on any atom is -0.497 e. The molecule has 3 aromatic rings. The fraction of sp³-hybridized carbons (Fsp3) is 0.227. The first-order chi connectivity index (χ1) is 15.0. The van der Waals surface area contributed by atoms with E-state index in [-0.39, 0.29) is 18.1 Å². The lowest BCUT2D eigenvalue weighted by Gasteiger charge is -2.13. The normalized spacial score (nSPS) is 15.9. The van der Waals surface area contributed by atoms with Crippen molar-refractivity contribution in [3.05, 3.63) is 60.0 Å². The van der Waals surface area contributed by atoms with Crippen LogP contribution in [0.4, 0.5) is 14.9 Å². The number of hydrogen-bond donors (Lipinski definition) is 3. The number of nitrogens with one attached hydrogen (secondary N) is 3. The van der Waals surface area contributed by atoms with E-state index >= 15 is 0 Å². The van der Waals surface area contributed by atoms with E-state index in [0.29, 0.717) is 24.4 Å². The number of fused-ring (bicyclic) bond motifs is 1. The Morgan fingerprint density at radius 2 is 1.97 bits per heavy atom. The zero-order valence-electron chi connectivity index (χ0n) is 16.8. The number of carbonyl (C=O) groups is 3. The molecule has 1 aliphatic rings. The van der Waals surface area contributed by atoms with Crippen LogP contribution in [0.5, 0.6) is 5.75 Å². The maximum atomic E-state index is 13.5. The number of halogens is 1. The maximum absolute atomic E-state index is 13.5. The number of urea groups is 1. The third kappa shape index (κ3) is 4.20. The minimum atomic E-state index is -0.934. The number of benzene rings is 2. The number of imide groups is 1. The standard InChI is InChI=1S/C22H21FN4O4/c1-31-16-5-3-15(4-6-16)27-21(29)19(26-22(27)30)11-20(28)24-9-8-13-12-25-18-7-2-14(23)10-17(13)18/h2-7,10,12,19,25H,8-9,11H2,1H3,(H,24,28)(H,26,30). The van der Waals surface area contributed by atoms with Gasteiger partial charge in [0.1, 0.15) is 17.6 Å². The van der Waals surface area contributed by atoms with Gasteiger partial charge in [0.15, 0.2) is 0 Å². The SMILES string of the molecule is COc1ccc(N2C(=O)NC(CC(=O)NCCc3c[nH]c4ccc(F)cc34)C2=O)cc1. The van der Waals surface area contributed by atoms with Gasteiger partial charge in [0.25, 0.3) is 5.91 Å². The highest BCUT2D eigenvalue weighted by atomic mass is 19.1. The highest BCUT2D eigenvalue weighted by Crippen LogP contribution is 2.23. The van der Waals surface area contributed by atoms with Crippen molar-refractivity contribution < 1.29 is 23.5 Å². The molecule has 8 nitrogen and oxygen atoms in total. The molecule has 3 N–H and O–H groups in total. The van der Waals surface area contributed by atoms with Gasteiger partial charge < -0.3 is 20.4 Å². The van der Waals surface area contributed by atoms with Gasteiger partial charge in [-0.25, -0.2) is 14.1 Å². The molecule has 31 heavy (non-hydrogen) atoms. The van der Waals surface area contributed by atoms with Crippen molar-refractivity contribution >= 4 is 34.4 Å². The first-order valence-electron chi connectivity index (χ1n) is 9.77. The third-order valence-corrected chi connectivity index (χ3v) is 5.19. The van der Waals surface area contributed by atoms with Crippen LogP contribution in [0, 0.1) is 5.82 Å². The molecule has 0 bridgehead atoms. The maximum Gasteiger partial charge on any atom is 0.329 e. The molecule has 1 atom stereocenters. The lowest BCUT2D eigenvalue weighted by atomic mass is 10.1. The number of hydrogen-bond acceptors (Lipinski definition) is 4. The van der Waals surface area contributed by atoms with E-state index in [2.05, 4.69) is 15.6 Å². The fourth-order valence-electron chi connectivity index (χ4n) is 3.60. The molecular weight excluding hydrogens is 403 g/mol. The summed E-state index contributed by atoms with van der Waals surface area (Å²) in [6.45, 7) is 0.319. The van der Waals surface area contributed by atoms with E-state index in [1.54, 1.807) is 36.5 Å². The summed E-state index contributed by atoms with van der Waals surface area (Å²) in [6, 6.07) is 9.47. The van der Waals surface area contributed by atoms with Gasteiger partial charge in [-0.1, -0.05) is 0 Å². The fourth-order valence-corrected chi connectivity index (χ4v) is 3.60. The number of rotatable bonds is 7. The summed E-state index contributed by atoms with van der Waals surface area (Å²) in [5, 5.41) is 6.06. The molecule has 1 aromatic heterocycles. The predicted octanol–water partition coefficient (Wildman–Crippen LogP) is 2.49. The van der Waals surface area contributed by atoms with Crippen LogP contribution in [0.2, 0.25) is 0 Å². The van der Waals surface area contributed by atoms with E-state index in [1.165, 1.54) is 19.2 Å². The molecule has 4 rings (SSSR count). The topological polar surface area (TPSA) is 104 Å². The Labute approximate surface area is 177 Å². The molecule has 0 saturated carbocycles. The number of H-pyrrole nitrogens is 1. The Morgan fingerprint density at radius 1 is 1.19 bits per heavy atom. The highest BCUT2D eigenvalue weighted by Gasteiger charge is 2.40. The van der Waals surface area contributed by atoms with Gasteiger partial charge in [-0.05, 0) is 54.4 Å². The van der Waals surface area contributed by atoms with Crippen molar-refractivity contribution in [1.82, 2.24) is 15.6 Å². The smallest absolute Gasteiger partial charge is 0.329 e. The van der Waals surface area contributed by atoms with Crippen LogP contribution < -0.4 is 20.3 Å². The summed E-state index contributed by atoms with van der Waals surface area (Å²) in [5.41, 5.74) is 2.10. The number of carbonyl (C=O) groups excluding carboxylic acids is 3. The number of ether oxygens (including phenoxy) is 1. The monoisotopic (exact) mass is 424 g/mol. The molecule has 0 aliphatic carbocycles. The summed E-state index contributed by atoms with van der Waals surface area (Å²) >= 11 is 0. The van der Waals surface area contributed by atoms with Gasteiger partial charge in [-0.3, -0.25) is 9.59 Å². The van der Waals surface area contributed by atoms with Gasteiger partial charge >= 0.3 is 6.03 Å². The molecule has 0 spiro atoms. The molecule has 1 saturated heterocycles. The number of nitrogens with zero attached hydrogens (tertiary/aromatic N) is 1. The molecule has 4 amide bonds. The average Bonchev–Trinajstić information content (AvgIpc) is 3.28. The molecular formula is C22H21FN4O4. The van der Waals surface area contributed by atoms with Crippen molar-refractivity contribution in [2.24, 2.45) is 0 Å². The Kier molecular flexibility index (Phi) is 5.57. The second kappa shape index (κ2) is 8.47. The first kappa shape index (κ1) is 20.4. The van der Waals surface area contributed by atoms with Crippen molar-refractivity contribution in [2.45, 2.75) is 18.9 Å². The summed E-state index contributed by atoms with van der Waals surface area (Å²) in [7, 11) is 1.52. The predicted molar refractivity (Wildman–Crippen MR) is 112 cm³/mol. The lowest BCUT2D eigenvalue weighted by Crippen LogP contribution is -2.37. The van der Waals surface area contributed by atoms with Gasteiger partial charge in [-0.2, -0.15) is 0 Å². The number of aromatic nitrogens is 1. The molecule has 160 valence electrons. The molecule has 1 fully saturated rings. The number of amides is 4.